The number of thiazole rings is 1. The number of aryl methyl sites for hydroxylation is 1. The zero-order valence-corrected chi connectivity index (χ0v) is 24.0. The van der Waals surface area contributed by atoms with Crippen molar-refractivity contribution in [1.82, 2.24) is 9.29 Å². The van der Waals surface area contributed by atoms with Gasteiger partial charge in [0.1, 0.15) is 10.0 Å². The highest BCUT2D eigenvalue weighted by atomic mass is 32.2. The van der Waals surface area contributed by atoms with E-state index in [4.69, 9.17) is 4.98 Å². The average molecular weight is 566 g/mol. The van der Waals surface area contributed by atoms with Crippen molar-refractivity contribution >= 4 is 53.8 Å². The van der Waals surface area contributed by atoms with Gasteiger partial charge in [0.2, 0.25) is 10.0 Å². The summed E-state index contributed by atoms with van der Waals surface area (Å²) in [6, 6.07) is 14.5. The average Bonchev–Trinajstić information content (AvgIpc) is 3.48. The number of sulfonamides is 1. The van der Waals surface area contributed by atoms with Crippen LogP contribution in [-0.2, 0) is 22.9 Å². The van der Waals surface area contributed by atoms with Crippen molar-refractivity contribution in [1.29, 1.82) is 0 Å². The van der Waals surface area contributed by atoms with Crippen LogP contribution >= 0.6 is 22.7 Å². The van der Waals surface area contributed by atoms with E-state index >= 15 is 0 Å². The summed E-state index contributed by atoms with van der Waals surface area (Å²) >= 11 is 3.28. The molecule has 0 unspecified atom stereocenters. The van der Waals surface area contributed by atoms with Crippen LogP contribution in [0.4, 0.5) is 5.00 Å². The minimum atomic E-state index is -3.68. The molecule has 6 rings (SSSR count). The van der Waals surface area contributed by atoms with Crippen molar-refractivity contribution in [3.8, 4) is 10.6 Å². The highest BCUT2D eigenvalue weighted by molar-refractivity contribution is 7.89. The maximum absolute atomic E-state index is 13.5. The van der Waals surface area contributed by atoms with Crippen molar-refractivity contribution in [2.45, 2.75) is 50.8 Å². The molecule has 0 spiro atoms. The van der Waals surface area contributed by atoms with Crippen LogP contribution in [0.25, 0.3) is 20.8 Å². The third-order valence-corrected chi connectivity index (χ3v) is 11.6. The number of benzene rings is 2. The Bertz CT molecular complexity index is 1580. The van der Waals surface area contributed by atoms with Gasteiger partial charge in [0.15, 0.2) is 0 Å². The second kappa shape index (κ2) is 10.2. The van der Waals surface area contributed by atoms with E-state index in [9.17, 15) is 13.2 Å². The van der Waals surface area contributed by atoms with Crippen LogP contribution < -0.4 is 5.32 Å². The molecule has 3 heterocycles. The highest BCUT2D eigenvalue weighted by Gasteiger charge is 2.32. The van der Waals surface area contributed by atoms with Crippen LogP contribution in [0.3, 0.4) is 0 Å². The Hall–Kier alpha value is -2.59. The second-order valence-corrected chi connectivity index (χ2v) is 14.7. The molecule has 1 fully saturated rings. The number of amides is 1. The lowest BCUT2D eigenvalue weighted by molar-refractivity contribution is 0.102. The lowest BCUT2D eigenvalue weighted by Crippen LogP contribution is -2.42. The molecule has 1 amide bonds. The largest absolute Gasteiger partial charge is 0.313 e. The maximum Gasteiger partial charge on any atom is 0.256 e. The van der Waals surface area contributed by atoms with E-state index < -0.39 is 10.0 Å². The molecule has 0 bridgehead atoms. The fourth-order valence-corrected chi connectivity index (χ4v) is 9.90. The molecule has 2 atom stereocenters. The first-order valence-corrected chi connectivity index (χ1v) is 16.3. The summed E-state index contributed by atoms with van der Waals surface area (Å²) in [6.45, 7) is 5.20. The second-order valence-electron chi connectivity index (χ2n) is 10.7. The quantitative estimate of drug-likeness (QED) is 0.288. The number of anilines is 1. The first-order chi connectivity index (χ1) is 18.3. The van der Waals surface area contributed by atoms with E-state index in [1.807, 2.05) is 18.2 Å². The van der Waals surface area contributed by atoms with Crippen molar-refractivity contribution in [2.75, 3.05) is 18.4 Å². The van der Waals surface area contributed by atoms with Gasteiger partial charge < -0.3 is 5.32 Å². The number of nitrogens with one attached hydrogen (secondary N) is 1. The highest BCUT2D eigenvalue weighted by Crippen LogP contribution is 2.46. The lowest BCUT2D eigenvalue weighted by Gasteiger charge is -2.34. The Morgan fingerprint density at radius 2 is 1.76 bits per heavy atom. The topological polar surface area (TPSA) is 79.4 Å². The number of carbonyl (C=O) groups excluding carboxylic acids is 1. The smallest absolute Gasteiger partial charge is 0.256 e. The molecule has 38 heavy (non-hydrogen) atoms. The number of para-hydroxylation sites is 1. The van der Waals surface area contributed by atoms with Gasteiger partial charge in [-0.15, -0.1) is 22.7 Å². The fourth-order valence-electron chi connectivity index (χ4n) is 5.78. The summed E-state index contributed by atoms with van der Waals surface area (Å²) in [7, 11) is -3.68. The molecule has 1 N–H and O–H groups in total. The Balaban J connectivity index is 1.32. The van der Waals surface area contributed by atoms with E-state index in [1.54, 1.807) is 45.2 Å². The minimum absolute atomic E-state index is 0.170. The maximum atomic E-state index is 13.5. The van der Waals surface area contributed by atoms with Crippen molar-refractivity contribution in [3.05, 3.63) is 64.5 Å². The first kappa shape index (κ1) is 25.7. The van der Waals surface area contributed by atoms with Crippen LogP contribution in [0.5, 0.6) is 0 Å². The third-order valence-electron chi connectivity index (χ3n) is 7.48. The van der Waals surface area contributed by atoms with Gasteiger partial charge >= 0.3 is 0 Å². The van der Waals surface area contributed by atoms with Crippen molar-refractivity contribution in [3.63, 3.8) is 0 Å². The Morgan fingerprint density at radius 1 is 1.00 bits per heavy atom. The van der Waals surface area contributed by atoms with Gasteiger partial charge in [0.25, 0.3) is 5.91 Å². The zero-order chi connectivity index (χ0) is 26.4. The molecule has 2 aromatic carbocycles. The van der Waals surface area contributed by atoms with Crippen LogP contribution in [0.2, 0.25) is 0 Å². The SMILES string of the molecule is C[C@H]1C[C@H](C)CN(S(=O)(=O)c2cccc(C(=O)Nc3sc4c(c3-c3nc5ccccc5s3)CCCC4)c2)C1. The number of rotatable bonds is 5. The summed E-state index contributed by atoms with van der Waals surface area (Å²) in [5.41, 5.74) is 3.62. The zero-order valence-electron chi connectivity index (χ0n) is 21.6. The summed E-state index contributed by atoms with van der Waals surface area (Å²) in [6.07, 6.45) is 5.29. The Morgan fingerprint density at radius 3 is 2.55 bits per heavy atom. The van der Waals surface area contributed by atoms with Crippen LogP contribution in [0.15, 0.2) is 53.4 Å². The molecule has 9 heteroatoms. The van der Waals surface area contributed by atoms with Gasteiger partial charge in [-0.3, -0.25) is 4.79 Å². The normalized spacial score (nSPS) is 20.4. The van der Waals surface area contributed by atoms with Gasteiger partial charge in [0.05, 0.1) is 15.1 Å². The molecule has 4 aromatic rings. The van der Waals surface area contributed by atoms with Gasteiger partial charge in [-0.1, -0.05) is 32.0 Å². The molecular weight excluding hydrogens is 535 g/mol. The number of hydrogen-bond acceptors (Lipinski definition) is 6. The molecule has 6 nitrogen and oxygen atoms in total. The number of nitrogens with zero attached hydrogens (tertiary/aromatic N) is 2. The van der Waals surface area contributed by atoms with Crippen LogP contribution in [0.1, 0.15) is 53.9 Å². The Kier molecular flexibility index (Phi) is 6.88. The number of thiophene rings is 1. The summed E-state index contributed by atoms with van der Waals surface area (Å²) in [5.74, 6) is 0.319. The number of carbonyl (C=O) groups is 1. The van der Waals surface area contributed by atoms with Crippen molar-refractivity contribution in [2.24, 2.45) is 11.8 Å². The predicted molar refractivity (Wildman–Crippen MR) is 156 cm³/mol. The number of hydrogen-bond donors (Lipinski definition) is 1. The standard InChI is InChI=1S/C29H31N3O3S3/c1-18-14-19(2)17-32(16-18)38(34,35)21-9-7-8-20(15-21)27(33)31-29-26(22-10-3-5-12-24(22)36-29)28-30-23-11-4-6-13-25(23)37-28/h4,6-9,11,13,15,18-19H,3,5,10,12,14,16-17H2,1-2H3,(H,31,33)/t18-,19-/m0/s1. The van der Waals surface area contributed by atoms with E-state index in [0.29, 0.717) is 30.5 Å². The van der Waals surface area contributed by atoms with Gasteiger partial charge in [0, 0.05) is 29.1 Å². The molecule has 1 saturated heterocycles. The van der Waals surface area contributed by atoms with E-state index in [1.165, 1.54) is 16.5 Å². The van der Waals surface area contributed by atoms with Gasteiger partial charge in [-0.25, -0.2) is 13.4 Å². The first-order valence-electron chi connectivity index (χ1n) is 13.2. The Labute approximate surface area is 231 Å². The number of aromatic nitrogens is 1. The monoisotopic (exact) mass is 565 g/mol. The minimum Gasteiger partial charge on any atom is -0.313 e. The van der Waals surface area contributed by atoms with Crippen molar-refractivity contribution < 1.29 is 13.2 Å². The predicted octanol–water partition coefficient (Wildman–Crippen LogP) is 6.82. The summed E-state index contributed by atoms with van der Waals surface area (Å²) in [4.78, 5) is 19.9. The molecule has 2 aliphatic rings. The van der Waals surface area contributed by atoms with E-state index in [0.717, 1.165) is 57.9 Å². The summed E-state index contributed by atoms with van der Waals surface area (Å²) in [5, 5.41) is 4.86. The van der Waals surface area contributed by atoms with Gasteiger partial charge in [-0.05, 0) is 79.8 Å². The number of piperidine rings is 1. The molecule has 1 aliphatic heterocycles. The molecule has 2 aromatic heterocycles. The lowest BCUT2D eigenvalue weighted by atomic mass is 9.94. The summed E-state index contributed by atoms with van der Waals surface area (Å²) < 4.78 is 29.6. The number of fused-ring (bicyclic) bond motifs is 2. The van der Waals surface area contributed by atoms with E-state index in [2.05, 4.69) is 25.2 Å². The third kappa shape index (κ3) is 4.81. The van der Waals surface area contributed by atoms with Gasteiger partial charge in [-0.2, -0.15) is 4.31 Å². The van der Waals surface area contributed by atoms with E-state index in [-0.39, 0.29) is 10.8 Å². The molecule has 0 radical (unpaired) electrons. The molecule has 0 saturated carbocycles. The molecule has 198 valence electrons. The molecule has 1 aliphatic carbocycles. The van der Waals surface area contributed by atoms with Crippen LogP contribution in [-0.4, -0.2) is 36.7 Å². The molecular formula is C29H31N3O3S3. The van der Waals surface area contributed by atoms with Crippen LogP contribution in [0, 0.1) is 11.8 Å². The fraction of sp³-hybridized carbons (Fsp3) is 0.379.